The van der Waals surface area contributed by atoms with E-state index in [9.17, 15) is 9.59 Å². The number of carbonyl (C=O) groups is 2. The fourth-order valence-electron chi connectivity index (χ4n) is 3.30. The van der Waals surface area contributed by atoms with Gasteiger partial charge in [0.15, 0.2) is 0 Å². The zero-order valence-electron chi connectivity index (χ0n) is 15.1. The lowest BCUT2D eigenvalue weighted by atomic mass is 9.85. The number of hydrogen-bond acceptors (Lipinski definition) is 3. The number of terminal acetylenes is 1. The summed E-state index contributed by atoms with van der Waals surface area (Å²) < 4.78 is 0. The largest absolute Gasteiger partial charge is 0.480 e. The van der Waals surface area contributed by atoms with E-state index < -0.39 is 5.97 Å². The summed E-state index contributed by atoms with van der Waals surface area (Å²) >= 11 is 0. The number of rotatable bonds is 9. The van der Waals surface area contributed by atoms with E-state index in [1.807, 2.05) is 42.2 Å². The molecule has 0 saturated heterocycles. The van der Waals surface area contributed by atoms with Gasteiger partial charge in [-0.1, -0.05) is 37.3 Å². The molecule has 2 amide bonds. The van der Waals surface area contributed by atoms with Gasteiger partial charge in [-0.3, -0.25) is 9.69 Å². The summed E-state index contributed by atoms with van der Waals surface area (Å²) in [6.07, 6.45) is 8.13. The molecule has 6 nitrogen and oxygen atoms in total. The predicted octanol–water partition coefficient (Wildman–Crippen LogP) is 1.86. The molecule has 1 aliphatic rings. The summed E-state index contributed by atoms with van der Waals surface area (Å²) in [7, 11) is 0. The summed E-state index contributed by atoms with van der Waals surface area (Å²) in [5.74, 6) is 1.80. The average molecular weight is 357 g/mol. The van der Waals surface area contributed by atoms with E-state index in [4.69, 9.17) is 11.5 Å². The molecule has 140 valence electrons. The smallest absolute Gasteiger partial charge is 0.317 e. The highest BCUT2D eigenvalue weighted by Crippen LogP contribution is 2.25. The van der Waals surface area contributed by atoms with Crippen LogP contribution < -0.4 is 10.6 Å². The summed E-state index contributed by atoms with van der Waals surface area (Å²) in [6.45, 7) is 2.68. The zero-order chi connectivity index (χ0) is 18.9. The molecule has 0 aliphatic heterocycles. The minimum absolute atomic E-state index is 0.0431. The van der Waals surface area contributed by atoms with Crippen LogP contribution in [0.5, 0.6) is 0 Å². The Kier molecular flexibility index (Phi) is 7.49. The molecular weight excluding hydrogens is 330 g/mol. The van der Waals surface area contributed by atoms with Gasteiger partial charge in [-0.15, -0.1) is 12.3 Å². The Morgan fingerprint density at radius 1 is 1.35 bits per heavy atom. The molecule has 0 aromatic heterocycles. The summed E-state index contributed by atoms with van der Waals surface area (Å²) in [4.78, 5) is 25.0. The number of nitrogens with one attached hydrogen (secondary N) is 2. The van der Waals surface area contributed by atoms with Gasteiger partial charge in [0.05, 0.1) is 6.54 Å². The number of urea groups is 1. The number of carboxylic acids is 1. The van der Waals surface area contributed by atoms with Gasteiger partial charge >= 0.3 is 12.0 Å². The third-order valence-corrected chi connectivity index (χ3v) is 4.73. The standard InChI is InChI=1S/C20H27N3O3/c1-3-8-16(11-15-9-6-5-7-10-15)21-20(26)22-17-12-18(13-17)23(4-2)14-19(24)25/h1,5-7,9-10,16-18H,4,8,11-14H2,2H3,(H,24,25)(H2,21,22,26). The third-order valence-electron chi connectivity index (χ3n) is 4.73. The number of carboxylic acid groups (broad SMARTS) is 1. The Bertz CT molecular complexity index is 635. The van der Waals surface area contributed by atoms with Crippen molar-refractivity contribution in [3.05, 3.63) is 35.9 Å². The van der Waals surface area contributed by atoms with Crippen molar-refractivity contribution in [1.29, 1.82) is 0 Å². The Morgan fingerprint density at radius 3 is 2.62 bits per heavy atom. The number of likely N-dealkylation sites (N-methyl/N-ethyl adjacent to an activating group) is 1. The van der Waals surface area contributed by atoms with Gasteiger partial charge in [0.2, 0.25) is 0 Å². The van der Waals surface area contributed by atoms with Crippen LogP contribution in [0.1, 0.15) is 31.7 Å². The monoisotopic (exact) mass is 357 g/mol. The van der Waals surface area contributed by atoms with Crippen molar-refractivity contribution in [3.8, 4) is 12.3 Å². The molecule has 6 heteroatoms. The van der Waals surface area contributed by atoms with E-state index in [1.165, 1.54) is 0 Å². The van der Waals surface area contributed by atoms with Crippen molar-refractivity contribution in [2.45, 2.75) is 50.7 Å². The van der Waals surface area contributed by atoms with Crippen molar-refractivity contribution in [1.82, 2.24) is 15.5 Å². The third kappa shape index (κ3) is 6.08. The first-order chi connectivity index (χ1) is 12.5. The molecule has 1 unspecified atom stereocenters. The van der Waals surface area contributed by atoms with Crippen molar-refractivity contribution >= 4 is 12.0 Å². The molecule has 26 heavy (non-hydrogen) atoms. The van der Waals surface area contributed by atoms with Gasteiger partial charge < -0.3 is 15.7 Å². The van der Waals surface area contributed by atoms with Crippen LogP contribution in [0, 0.1) is 12.3 Å². The molecule has 0 spiro atoms. The molecule has 2 rings (SSSR count). The lowest BCUT2D eigenvalue weighted by Gasteiger charge is -2.42. The van der Waals surface area contributed by atoms with Crippen LogP contribution in [-0.2, 0) is 11.2 Å². The molecule has 1 aromatic carbocycles. The summed E-state index contributed by atoms with van der Waals surface area (Å²) in [5.41, 5.74) is 1.13. The van der Waals surface area contributed by atoms with Crippen LogP contribution in [0.25, 0.3) is 0 Å². The maximum atomic E-state index is 12.2. The van der Waals surface area contributed by atoms with Crippen LogP contribution in [0.4, 0.5) is 4.79 Å². The SMILES string of the molecule is C#CCC(Cc1ccccc1)NC(=O)NC1CC(N(CC)CC(=O)O)C1. The predicted molar refractivity (Wildman–Crippen MR) is 101 cm³/mol. The molecule has 0 bridgehead atoms. The fraction of sp³-hybridized carbons (Fsp3) is 0.500. The maximum Gasteiger partial charge on any atom is 0.317 e. The first-order valence-electron chi connectivity index (χ1n) is 9.02. The number of aliphatic carboxylic acids is 1. The van der Waals surface area contributed by atoms with Gasteiger partial charge in [0.1, 0.15) is 0 Å². The second kappa shape index (κ2) is 9.83. The van der Waals surface area contributed by atoms with E-state index >= 15 is 0 Å². The van der Waals surface area contributed by atoms with E-state index in [1.54, 1.807) is 0 Å². The molecule has 0 heterocycles. The molecule has 1 atom stereocenters. The first kappa shape index (κ1) is 19.8. The topological polar surface area (TPSA) is 81.7 Å². The lowest BCUT2D eigenvalue weighted by Crippen LogP contribution is -2.57. The van der Waals surface area contributed by atoms with E-state index in [0.717, 1.165) is 18.4 Å². The van der Waals surface area contributed by atoms with Crippen molar-refractivity contribution in [2.24, 2.45) is 0 Å². The van der Waals surface area contributed by atoms with E-state index in [0.29, 0.717) is 19.4 Å². The van der Waals surface area contributed by atoms with Crippen LogP contribution in [-0.4, -0.2) is 53.2 Å². The van der Waals surface area contributed by atoms with Gasteiger partial charge in [-0.2, -0.15) is 0 Å². The van der Waals surface area contributed by atoms with Crippen molar-refractivity contribution in [3.63, 3.8) is 0 Å². The Hall–Kier alpha value is -2.52. The molecular formula is C20H27N3O3. The average Bonchev–Trinajstić information content (AvgIpc) is 2.57. The zero-order valence-corrected chi connectivity index (χ0v) is 15.1. The normalized spacial score (nSPS) is 19.9. The minimum Gasteiger partial charge on any atom is -0.480 e. The highest BCUT2D eigenvalue weighted by atomic mass is 16.4. The quantitative estimate of drug-likeness (QED) is 0.589. The number of hydrogen-bond donors (Lipinski definition) is 3. The number of amides is 2. The Labute approximate surface area is 155 Å². The number of benzene rings is 1. The van der Waals surface area contributed by atoms with E-state index in [2.05, 4.69) is 16.6 Å². The molecule has 1 aliphatic carbocycles. The minimum atomic E-state index is -0.820. The van der Waals surface area contributed by atoms with Gasteiger partial charge in [-0.05, 0) is 31.4 Å². The lowest BCUT2D eigenvalue weighted by molar-refractivity contribution is -0.139. The summed E-state index contributed by atoms with van der Waals surface area (Å²) in [5, 5.41) is 14.8. The highest BCUT2D eigenvalue weighted by Gasteiger charge is 2.34. The molecule has 3 N–H and O–H groups in total. The molecule has 1 aromatic rings. The number of carbonyl (C=O) groups excluding carboxylic acids is 1. The second-order valence-corrected chi connectivity index (χ2v) is 6.69. The first-order valence-corrected chi connectivity index (χ1v) is 9.02. The molecule has 1 saturated carbocycles. The summed E-state index contributed by atoms with van der Waals surface area (Å²) in [6, 6.07) is 9.88. The fourth-order valence-corrected chi connectivity index (χ4v) is 3.30. The Balaban J connectivity index is 1.77. The Morgan fingerprint density at radius 2 is 2.04 bits per heavy atom. The molecule has 1 fully saturated rings. The van der Waals surface area contributed by atoms with Gasteiger partial charge in [0.25, 0.3) is 0 Å². The van der Waals surface area contributed by atoms with E-state index in [-0.39, 0.29) is 30.7 Å². The van der Waals surface area contributed by atoms with Crippen LogP contribution >= 0.6 is 0 Å². The van der Waals surface area contributed by atoms with Crippen LogP contribution in [0.15, 0.2) is 30.3 Å². The van der Waals surface area contributed by atoms with Crippen LogP contribution in [0.3, 0.4) is 0 Å². The second-order valence-electron chi connectivity index (χ2n) is 6.69. The maximum absolute atomic E-state index is 12.2. The van der Waals surface area contributed by atoms with Crippen molar-refractivity contribution in [2.75, 3.05) is 13.1 Å². The highest BCUT2D eigenvalue weighted by molar-refractivity contribution is 5.74. The number of nitrogens with zero attached hydrogens (tertiary/aromatic N) is 1. The van der Waals surface area contributed by atoms with Gasteiger partial charge in [-0.25, -0.2) is 4.79 Å². The molecule has 0 radical (unpaired) electrons. The van der Waals surface area contributed by atoms with Crippen LogP contribution in [0.2, 0.25) is 0 Å². The van der Waals surface area contributed by atoms with Gasteiger partial charge in [0, 0.05) is 24.5 Å². The van der Waals surface area contributed by atoms with Crippen molar-refractivity contribution < 1.29 is 14.7 Å².